The minimum absolute atomic E-state index is 0.0688. The Morgan fingerprint density at radius 3 is 2.82 bits per heavy atom. The first-order valence-corrected chi connectivity index (χ1v) is 6.78. The van der Waals surface area contributed by atoms with Crippen molar-refractivity contribution < 1.29 is 4.79 Å². The van der Waals surface area contributed by atoms with E-state index >= 15 is 0 Å². The number of rotatable bonds is 7. The lowest BCUT2D eigenvalue weighted by Crippen LogP contribution is -2.41. The number of amides is 1. The zero-order chi connectivity index (χ0) is 12.8. The lowest BCUT2D eigenvalue weighted by molar-refractivity contribution is -0.129. The number of nitrogens with one attached hydrogen (secondary N) is 1. The molecule has 0 aliphatic carbocycles. The van der Waals surface area contributed by atoms with Gasteiger partial charge in [-0.25, -0.2) is 0 Å². The van der Waals surface area contributed by atoms with Gasteiger partial charge in [0.15, 0.2) is 0 Å². The van der Waals surface area contributed by atoms with Crippen LogP contribution in [0.2, 0.25) is 0 Å². The summed E-state index contributed by atoms with van der Waals surface area (Å²) in [6.45, 7) is 10.2. The van der Waals surface area contributed by atoms with Crippen LogP contribution in [-0.4, -0.2) is 61.0 Å². The zero-order valence-electron chi connectivity index (χ0n) is 11.7. The molecule has 1 amide bonds. The van der Waals surface area contributed by atoms with Crippen LogP contribution >= 0.6 is 0 Å². The summed E-state index contributed by atoms with van der Waals surface area (Å²) in [4.78, 5) is 16.3. The van der Waals surface area contributed by atoms with E-state index in [9.17, 15) is 4.79 Å². The molecule has 1 atom stereocenters. The number of likely N-dealkylation sites (N-methyl/N-ethyl adjacent to an activating group) is 1. The maximum Gasteiger partial charge on any atom is 0.239 e. The number of hydrogen-bond donors (Lipinski definition) is 1. The normalized spacial score (nSPS) is 20.9. The molecule has 1 fully saturated rings. The van der Waals surface area contributed by atoms with Crippen molar-refractivity contribution in [1.82, 2.24) is 15.1 Å². The van der Waals surface area contributed by atoms with E-state index in [2.05, 4.69) is 38.0 Å². The highest BCUT2D eigenvalue weighted by atomic mass is 16.2. The molecule has 1 aliphatic rings. The maximum absolute atomic E-state index is 12.0. The van der Waals surface area contributed by atoms with Gasteiger partial charge in [0.05, 0.1) is 6.04 Å². The fourth-order valence-electron chi connectivity index (χ4n) is 2.01. The van der Waals surface area contributed by atoms with Gasteiger partial charge in [0, 0.05) is 25.7 Å². The Morgan fingerprint density at radius 2 is 2.24 bits per heavy atom. The number of carbonyl (C=O) groups is 1. The highest BCUT2D eigenvalue weighted by Crippen LogP contribution is 2.11. The summed E-state index contributed by atoms with van der Waals surface area (Å²) in [5.74, 6) is 0.288. The topological polar surface area (TPSA) is 35.6 Å². The standard InChI is InChI=1S/C13H27N3O/c1-5-7-14-12-6-8-16(13(12)17)10-9-15(4)11(2)3/h11-12,14H,5-10H2,1-4H3. The summed E-state index contributed by atoms with van der Waals surface area (Å²) in [6.07, 6.45) is 2.05. The second-order valence-electron chi connectivity index (χ2n) is 5.20. The number of carbonyl (C=O) groups excluding carboxylic acids is 1. The second-order valence-corrected chi connectivity index (χ2v) is 5.20. The lowest BCUT2D eigenvalue weighted by Gasteiger charge is -2.24. The zero-order valence-corrected chi connectivity index (χ0v) is 11.7. The van der Waals surface area contributed by atoms with Crippen molar-refractivity contribution in [2.24, 2.45) is 0 Å². The number of likely N-dealkylation sites (tertiary alicyclic amines) is 1. The predicted octanol–water partition coefficient (Wildman–Crippen LogP) is 0.927. The smallest absolute Gasteiger partial charge is 0.239 e. The number of hydrogen-bond acceptors (Lipinski definition) is 3. The third kappa shape index (κ3) is 4.28. The van der Waals surface area contributed by atoms with Gasteiger partial charge in [0.2, 0.25) is 5.91 Å². The molecule has 1 rings (SSSR count). The predicted molar refractivity (Wildman–Crippen MR) is 71.0 cm³/mol. The summed E-state index contributed by atoms with van der Waals surface area (Å²) in [5, 5.41) is 3.32. The molecule has 1 saturated heterocycles. The van der Waals surface area contributed by atoms with Crippen LogP contribution < -0.4 is 5.32 Å². The Kier molecular flexibility index (Phi) is 5.92. The molecule has 0 aromatic rings. The van der Waals surface area contributed by atoms with Crippen molar-refractivity contribution in [3.8, 4) is 0 Å². The summed E-state index contributed by atoms with van der Waals surface area (Å²) in [7, 11) is 2.11. The maximum atomic E-state index is 12.0. The van der Waals surface area contributed by atoms with Crippen LogP contribution in [0.1, 0.15) is 33.6 Å². The molecule has 0 radical (unpaired) electrons. The SMILES string of the molecule is CCCNC1CCN(CCN(C)C(C)C)C1=O. The van der Waals surface area contributed by atoms with Gasteiger partial charge in [-0.2, -0.15) is 0 Å². The summed E-state index contributed by atoms with van der Waals surface area (Å²) in [6, 6.07) is 0.612. The molecule has 17 heavy (non-hydrogen) atoms. The van der Waals surface area contributed by atoms with E-state index in [-0.39, 0.29) is 11.9 Å². The second kappa shape index (κ2) is 6.97. The molecule has 1 aliphatic heterocycles. The highest BCUT2D eigenvalue weighted by Gasteiger charge is 2.30. The van der Waals surface area contributed by atoms with Crippen molar-refractivity contribution in [3.63, 3.8) is 0 Å². The van der Waals surface area contributed by atoms with E-state index in [0.717, 1.165) is 39.0 Å². The summed E-state index contributed by atoms with van der Waals surface area (Å²) >= 11 is 0. The Hall–Kier alpha value is -0.610. The monoisotopic (exact) mass is 241 g/mol. The Bertz CT molecular complexity index is 243. The van der Waals surface area contributed by atoms with Crippen LogP contribution in [0.25, 0.3) is 0 Å². The first-order valence-electron chi connectivity index (χ1n) is 6.78. The summed E-state index contributed by atoms with van der Waals surface area (Å²) in [5.41, 5.74) is 0. The molecule has 1 unspecified atom stereocenters. The first-order chi connectivity index (χ1) is 8.06. The molecule has 1 N–H and O–H groups in total. The van der Waals surface area contributed by atoms with Crippen molar-refractivity contribution in [3.05, 3.63) is 0 Å². The third-order valence-electron chi connectivity index (χ3n) is 3.54. The van der Waals surface area contributed by atoms with Gasteiger partial charge in [-0.15, -0.1) is 0 Å². The van der Waals surface area contributed by atoms with Crippen LogP contribution in [0.5, 0.6) is 0 Å². The van der Waals surface area contributed by atoms with E-state index in [4.69, 9.17) is 0 Å². The molecular weight excluding hydrogens is 214 g/mol. The first kappa shape index (κ1) is 14.5. The van der Waals surface area contributed by atoms with Gasteiger partial charge >= 0.3 is 0 Å². The Morgan fingerprint density at radius 1 is 1.53 bits per heavy atom. The van der Waals surface area contributed by atoms with Gasteiger partial charge < -0.3 is 15.1 Å². The molecule has 0 saturated carbocycles. The van der Waals surface area contributed by atoms with Crippen molar-refractivity contribution in [1.29, 1.82) is 0 Å². The van der Waals surface area contributed by atoms with E-state index in [1.54, 1.807) is 0 Å². The van der Waals surface area contributed by atoms with E-state index in [0.29, 0.717) is 6.04 Å². The van der Waals surface area contributed by atoms with Gasteiger partial charge in [-0.3, -0.25) is 4.79 Å². The third-order valence-corrected chi connectivity index (χ3v) is 3.54. The molecule has 0 aromatic heterocycles. The molecule has 100 valence electrons. The van der Waals surface area contributed by atoms with Gasteiger partial charge in [0.25, 0.3) is 0 Å². The van der Waals surface area contributed by atoms with Crippen molar-refractivity contribution >= 4 is 5.91 Å². The van der Waals surface area contributed by atoms with Gasteiger partial charge in [-0.05, 0) is 40.3 Å². The molecule has 0 aromatic carbocycles. The molecule has 4 nitrogen and oxygen atoms in total. The van der Waals surface area contributed by atoms with E-state index in [1.165, 1.54) is 0 Å². The average molecular weight is 241 g/mol. The Labute approximate surface area is 105 Å². The van der Waals surface area contributed by atoms with Crippen molar-refractivity contribution in [2.45, 2.75) is 45.7 Å². The average Bonchev–Trinajstić information content (AvgIpc) is 2.64. The van der Waals surface area contributed by atoms with E-state index < -0.39 is 0 Å². The molecule has 0 bridgehead atoms. The minimum atomic E-state index is 0.0688. The van der Waals surface area contributed by atoms with Crippen LogP contribution in [-0.2, 0) is 4.79 Å². The van der Waals surface area contributed by atoms with Crippen molar-refractivity contribution in [2.75, 3.05) is 33.2 Å². The molecule has 1 heterocycles. The molecule has 0 spiro atoms. The van der Waals surface area contributed by atoms with Crippen LogP contribution in [0.15, 0.2) is 0 Å². The van der Waals surface area contributed by atoms with E-state index in [1.807, 2.05) is 4.90 Å². The summed E-state index contributed by atoms with van der Waals surface area (Å²) < 4.78 is 0. The van der Waals surface area contributed by atoms with Gasteiger partial charge in [0.1, 0.15) is 0 Å². The lowest BCUT2D eigenvalue weighted by atomic mass is 10.2. The molecular formula is C13H27N3O. The fraction of sp³-hybridized carbons (Fsp3) is 0.923. The minimum Gasteiger partial charge on any atom is -0.340 e. The largest absolute Gasteiger partial charge is 0.340 e. The van der Waals surface area contributed by atoms with Crippen LogP contribution in [0, 0.1) is 0 Å². The van der Waals surface area contributed by atoms with Crippen LogP contribution in [0.3, 0.4) is 0 Å². The van der Waals surface area contributed by atoms with Crippen LogP contribution in [0.4, 0.5) is 0 Å². The quantitative estimate of drug-likeness (QED) is 0.720. The van der Waals surface area contributed by atoms with Gasteiger partial charge in [-0.1, -0.05) is 6.92 Å². The molecule has 4 heteroatoms. The Balaban J connectivity index is 2.30. The fourth-order valence-corrected chi connectivity index (χ4v) is 2.01. The highest BCUT2D eigenvalue weighted by molar-refractivity contribution is 5.83. The number of nitrogens with zero attached hydrogens (tertiary/aromatic N) is 2.